The molecule has 0 N–H and O–H groups in total. The number of fused-ring (bicyclic) bond motifs is 1. The normalized spacial score (nSPS) is 12.3. The number of aromatic nitrogens is 1. The lowest BCUT2D eigenvalue weighted by atomic mass is 9.98. The maximum Gasteiger partial charge on any atom is 0.0992 e. The summed E-state index contributed by atoms with van der Waals surface area (Å²) < 4.78 is 1.37. The minimum Gasteiger partial charge on any atom is -0.241 e. The van der Waals surface area contributed by atoms with Gasteiger partial charge in [0.1, 0.15) is 0 Å². The first-order valence-electron chi connectivity index (χ1n) is 5.41. The first-order chi connectivity index (χ1) is 7.02. The minimum atomic E-state index is 0.161. The number of thiazole rings is 1. The van der Waals surface area contributed by atoms with Gasteiger partial charge in [-0.25, -0.2) is 4.98 Å². The molecule has 0 unspecified atom stereocenters. The Hall–Kier alpha value is -0.890. The third kappa shape index (κ3) is 1.91. The molecule has 0 aliphatic carbocycles. The molecule has 0 bridgehead atoms. The molecular weight excluding hydrogens is 202 g/mol. The zero-order valence-electron chi connectivity index (χ0n) is 9.79. The van der Waals surface area contributed by atoms with Crippen LogP contribution in [0.15, 0.2) is 18.2 Å². The molecule has 0 radical (unpaired) electrons. The van der Waals surface area contributed by atoms with E-state index >= 15 is 0 Å². The second-order valence-corrected chi connectivity index (χ2v) is 5.89. The van der Waals surface area contributed by atoms with E-state index in [2.05, 4.69) is 45.9 Å². The first kappa shape index (κ1) is 10.6. The summed E-state index contributed by atoms with van der Waals surface area (Å²) in [6, 6.07) is 6.42. The highest BCUT2D eigenvalue weighted by atomic mass is 32.1. The van der Waals surface area contributed by atoms with Gasteiger partial charge in [-0.15, -0.1) is 11.3 Å². The molecule has 15 heavy (non-hydrogen) atoms. The molecule has 0 atom stereocenters. The maximum absolute atomic E-state index is 4.71. The number of nitrogens with zero attached hydrogens (tertiary/aromatic N) is 1. The number of benzene rings is 1. The Morgan fingerprint density at radius 1 is 1.27 bits per heavy atom. The van der Waals surface area contributed by atoms with Gasteiger partial charge in [-0.3, -0.25) is 0 Å². The lowest BCUT2D eigenvalue weighted by molar-refractivity contribution is 0.587. The molecule has 1 heterocycles. The van der Waals surface area contributed by atoms with Crippen molar-refractivity contribution in [1.29, 1.82) is 0 Å². The topological polar surface area (TPSA) is 12.9 Å². The molecule has 1 nitrogen and oxygen atoms in total. The second-order valence-electron chi connectivity index (χ2n) is 4.89. The van der Waals surface area contributed by atoms with Gasteiger partial charge in [0.25, 0.3) is 0 Å². The van der Waals surface area contributed by atoms with Gasteiger partial charge < -0.3 is 0 Å². The Morgan fingerprint density at radius 3 is 2.60 bits per heavy atom. The molecule has 0 aliphatic rings. The van der Waals surface area contributed by atoms with Gasteiger partial charge in [0.05, 0.1) is 15.2 Å². The van der Waals surface area contributed by atoms with E-state index in [-0.39, 0.29) is 5.41 Å². The van der Waals surface area contributed by atoms with Crippen molar-refractivity contribution in [1.82, 2.24) is 4.98 Å². The Kier molecular flexibility index (Phi) is 2.55. The van der Waals surface area contributed by atoms with Crippen LogP contribution in [-0.4, -0.2) is 4.98 Å². The van der Waals surface area contributed by atoms with Gasteiger partial charge in [0.15, 0.2) is 0 Å². The van der Waals surface area contributed by atoms with E-state index in [9.17, 15) is 0 Å². The van der Waals surface area contributed by atoms with Crippen LogP contribution in [0.3, 0.4) is 0 Å². The van der Waals surface area contributed by atoms with Gasteiger partial charge in [-0.05, 0) is 18.1 Å². The second kappa shape index (κ2) is 3.60. The van der Waals surface area contributed by atoms with E-state index in [0.29, 0.717) is 0 Å². The average molecular weight is 219 g/mol. The van der Waals surface area contributed by atoms with E-state index < -0.39 is 0 Å². The molecule has 0 aliphatic heterocycles. The van der Waals surface area contributed by atoms with Gasteiger partial charge >= 0.3 is 0 Å². The smallest absolute Gasteiger partial charge is 0.0992 e. The first-order valence-corrected chi connectivity index (χ1v) is 6.23. The molecular formula is C13H17NS. The highest BCUT2D eigenvalue weighted by molar-refractivity contribution is 7.18. The fourth-order valence-corrected chi connectivity index (χ4v) is 2.81. The van der Waals surface area contributed by atoms with Crippen LogP contribution in [0.1, 0.15) is 38.3 Å². The van der Waals surface area contributed by atoms with Crippen molar-refractivity contribution < 1.29 is 0 Å². The van der Waals surface area contributed by atoms with Crippen molar-refractivity contribution in [3.05, 3.63) is 28.8 Å². The molecule has 1 aromatic carbocycles. The Balaban J connectivity index is 2.65. The van der Waals surface area contributed by atoms with Crippen molar-refractivity contribution >= 4 is 21.6 Å². The monoisotopic (exact) mass is 219 g/mol. The molecule has 2 rings (SSSR count). The van der Waals surface area contributed by atoms with Crippen LogP contribution in [0.2, 0.25) is 0 Å². The van der Waals surface area contributed by atoms with Crippen molar-refractivity contribution in [2.75, 3.05) is 0 Å². The lowest BCUT2D eigenvalue weighted by Crippen LogP contribution is -2.09. The largest absolute Gasteiger partial charge is 0.241 e. The summed E-state index contributed by atoms with van der Waals surface area (Å²) in [7, 11) is 0. The van der Waals surface area contributed by atoms with Gasteiger partial charge in [0, 0.05) is 5.41 Å². The van der Waals surface area contributed by atoms with E-state index in [1.165, 1.54) is 15.3 Å². The van der Waals surface area contributed by atoms with Crippen molar-refractivity contribution in [3.63, 3.8) is 0 Å². The van der Waals surface area contributed by atoms with E-state index in [1.807, 2.05) is 11.3 Å². The molecule has 0 saturated carbocycles. The van der Waals surface area contributed by atoms with Crippen LogP contribution in [0.5, 0.6) is 0 Å². The zero-order valence-corrected chi connectivity index (χ0v) is 10.6. The Morgan fingerprint density at radius 2 is 2.00 bits per heavy atom. The highest BCUT2D eigenvalue weighted by Crippen LogP contribution is 2.32. The average Bonchev–Trinajstić information content (AvgIpc) is 2.59. The zero-order chi connectivity index (χ0) is 11.1. The lowest BCUT2D eigenvalue weighted by Gasteiger charge is -2.13. The van der Waals surface area contributed by atoms with Gasteiger partial charge in [-0.2, -0.15) is 0 Å². The predicted octanol–water partition coefficient (Wildman–Crippen LogP) is 4.16. The van der Waals surface area contributed by atoms with Crippen molar-refractivity contribution in [2.24, 2.45) is 0 Å². The molecule has 80 valence electrons. The van der Waals surface area contributed by atoms with Gasteiger partial charge in [0.2, 0.25) is 0 Å². The molecule has 1 aromatic heterocycles. The molecule has 0 spiro atoms. The van der Waals surface area contributed by atoms with Crippen LogP contribution in [0, 0.1) is 0 Å². The maximum atomic E-state index is 4.71. The number of rotatable bonds is 1. The standard InChI is InChI=1S/C13H17NS/c1-5-9-7-6-8-10-11(9)15-12(14-10)13(2,3)4/h6-8H,5H2,1-4H3. The van der Waals surface area contributed by atoms with E-state index in [4.69, 9.17) is 4.98 Å². The van der Waals surface area contributed by atoms with Crippen LogP contribution in [-0.2, 0) is 11.8 Å². The van der Waals surface area contributed by atoms with Crippen molar-refractivity contribution in [3.8, 4) is 0 Å². The fourth-order valence-electron chi connectivity index (χ4n) is 1.61. The van der Waals surface area contributed by atoms with E-state index in [1.54, 1.807) is 0 Å². The Labute approximate surface area is 95.2 Å². The van der Waals surface area contributed by atoms with E-state index in [0.717, 1.165) is 11.9 Å². The number of aryl methyl sites for hydroxylation is 1. The minimum absolute atomic E-state index is 0.161. The predicted molar refractivity (Wildman–Crippen MR) is 67.7 cm³/mol. The van der Waals surface area contributed by atoms with Gasteiger partial charge in [-0.1, -0.05) is 39.8 Å². The molecule has 0 amide bonds. The molecule has 2 aromatic rings. The van der Waals surface area contributed by atoms with Crippen LogP contribution in [0.4, 0.5) is 0 Å². The Bertz CT molecular complexity index is 477. The third-order valence-electron chi connectivity index (χ3n) is 2.52. The quantitative estimate of drug-likeness (QED) is 0.702. The molecule has 0 fully saturated rings. The molecule has 0 saturated heterocycles. The van der Waals surface area contributed by atoms with Crippen LogP contribution in [0.25, 0.3) is 10.2 Å². The summed E-state index contributed by atoms with van der Waals surface area (Å²) in [6.45, 7) is 8.86. The number of hydrogen-bond donors (Lipinski definition) is 0. The highest BCUT2D eigenvalue weighted by Gasteiger charge is 2.19. The summed E-state index contributed by atoms with van der Waals surface area (Å²) in [4.78, 5) is 4.71. The summed E-state index contributed by atoms with van der Waals surface area (Å²) >= 11 is 1.84. The summed E-state index contributed by atoms with van der Waals surface area (Å²) in [5.74, 6) is 0. The molecule has 2 heteroatoms. The van der Waals surface area contributed by atoms with Crippen LogP contribution >= 0.6 is 11.3 Å². The fraction of sp³-hybridized carbons (Fsp3) is 0.462. The number of hydrogen-bond acceptors (Lipinski definition) is 2. The van der Waals surface area contributed by atoms with Crippen molar-refractivity contribution in [2.45, 2.75) is 39.5 Å². The summed E-state index contributed by atoms with van der Waals surface area (Å²) in [6.07, 6.45) is 1.09. The summed E-state index contributed by atoms with van der Waals surface area (Å²) in [5.41, 5.74) is 2.74. The SMILES string of the molecule is CCc1cccc2nc(C(C)(C)C)sc12. The summed E-state index contributed by atoms with van der Waals surface area (Å²) in [5, 5.41) is 1.23. The van der Waals surface area contributed by atoms with Crippen LogP contribution < -0.4 is 0 Å². The third-order valence-corrected chi connectivity index (χ3v) is 4.09.